The van der Waals surface area contributed by atoms with Crippen molar-refractivity contribution in [3.05, 3.63) is 59.5 Å². The Bertz CT molecular complexity index is 1430. The second-order valence-corrected chi connectivity index (χ2v) is 10.9. The van der Waals surface area contributed by atoms with E-state index in [4.69, 9.17) is 9.47 Å². The highest BCUT2D eigenvalue weighted by molar-refractivity contribution is 5.93. The van der Waals surface area contributed by atoms with Gasteiger partial charge < -0.3 is 34.3 Å². The third-order valence-corrected chi connectivity index (χ3v) is 8.48. The normalized spacial score (nSPS) is 20.4. The monoisotopic (exact) mass is 551 g/mol. The summed E-state index contributed by atoms with van der Waals surface area (Å²) >= 11 is 0. The minimum Gasteiger partial charge on any atom is -0.497 e. The number of nitrogens with zero attached hydrogens (tertiary/aromatic N) is 4. The smallest absolute Gasteiger partial charge is 0.322 e. The van der Waals surface area contributed by atoms with Crippen molar-refractivity contribution < 1.29 is 28.6 Å². The van der Waals surface area contributed by atoms with Gasteiger partial charge in [-0.2, -0.15) is 0 Å². The zero-order valence-corrected chi connectivity index (χ0v) is 22.7. The van der Waals surface area contributed by atoms with Crippen molar-refractivity contribution in [3.8, 4) is 5.75 Å². The van der Waals surface area contributed by atoms with Crippen molar-refractivity contribution >= 4 is 28.5 Å². The Hall–Kier alpha value is -3.67. The molecular formula is C29H34FN5O5. The highest BCUT2D eigenvalue weighted by Crippen LogP contribution is 2.49. The number of morpholine rings is 1. The first-order chi connectivity index (χ1) is 19.3. The van der Waals surface area contributed by atoms with Gasteiger partial charge in [0.15, 0.2) is 0 Å². The zero-order chi connectivity index (χ0) is 28.0. The van der Waals surface area contributed by atoms with Gasteiger partial charge in [0.25, 0.3) is 0 Å². The molecule has 3 amide bonds. The molecule has 212 valence electrons. The molecule has 2 aromatic carbocycles. The largest absolute Gasteiger partial charge is 0.497 e. The summed E-state index contributed by atoms with van der Waals surface area (Å²) in [5, 5.41) is 14.5. The number of benzene rings is 2. The number of aliphatic hydroxyl groups excluding tert-OH is 1. The molecule has 0 radical (unpaired) electrons. The third kappa shape index (κ3) is 4.47. The van der Waals surface area contributed by atoms with Gasteiger partial charge in [0.05, 0.1) is 50.4 Å². The number of aryl methyl sites for hydroxylation is 1. The molecule has 10 nitrogen and oxygen atoms in total. The Balaban J connectivity index is 1.36. The van der Waals surface area contributed by atoms with Crippen LogP contribution < -0.4 is 10.1 Å². The molecule has 3 aliphatic rings. The van der Waals surface area contributed by atoms with E-state index in [1.165, 1.54) is 24.3 Å². The molecule has 4 heterocycles. The predicted octanol–water partition coefficient (Wildman–Crippen LogP) is 2.32. The molecule has 0 saturated carbocycles. The number of nitrogens with one attached hydrogen (secondary N) is 1. The number of likely N-dealkylation sites (tertiary alicyclic amines) is 1. The van der Waals surface area contributed by atoms with Crippen LogP contribution in [0.25, 0.3) is 10.9 Å². The first kappa shape index (κ1) is 26.5. The van der Waals surface area contributed by atoms with Crippen LogP contribution in [0.1, 0.15) is 17.3 Å². The molecule has 2 fully saturated rings. The van der Waals surface area contributed by atoms with Crippen LogP contribution in [0.3, 0.4) is 0 Å². The van der Waals surface area contributed by atoms with E-state index in [0.29, 0.717) is 50.8 Å². The van der Waals surface area contributed by atoms with Gasteiger partial charge in [-0.05, 0) is 42.0 Å². The van der Waals surface area contributed by atoms with Crippen molar-refractivity contribution in [2.24, 2.45) is 7.05 Å². The fourth-order valence-electron chi connectivity index (χ4n) is 6.47. The molecule has 2 N–H and O–H groups in total. The Morgan fingerprint density at radius 3 is 2.52 bits per heavy atom. The number of rotatable bonds is 5. The van der Waals surface area contributed by atoms with Gasteiger partial charge in [0.1, 0.15) is 11.6 Å². The van der Waals surface area contributed by atoms with Crippen LogP contribution in [0.4, 0.5) is 14.9 Å². The lowest BCUT2D eigenvalue weighted by Gasteiger charge is -2.56. The molecular weight excluding hydrogens is 517 g/mol. The number of fused-ring (bicyclic) bond motifs is 4. The lowest BCUT2D eigenvalue weighted by molar-refractivity contribution is -0.142. The molecule has 0 bridgehead atoms. The molecule has 11 heteroatoms. The van der Waals surface area contributed by atoms with E-state index in [-0.39, 0.29) is 12.5 Å². The quantitative estimate of drug-likeness (QED) is 0.505. The average molecular weight is 552 g/mol. The fourth-order valence-corrected chi connectivity index (χ4v) is 6.47. The van der Waals surface area contributed by atoms with E-state index in [1.54, 1.807) is 12.0 Å². The second kappa shape index (κ2) is 10.4. The molecule has 6 rings (SSSR count). The van der Waals surface area contributed by atoms with Crippen LogP contribution in [0.5, 0.6) is 5.75 Å². The average Bonchev–Trinajstić information content (AvgIpc) is 3.24. The second-order valence-electron chi connectivity index (χ2n) is 10.9. The number of anilines is 1. The zero-order valence-electron chi connectivity index (χ0n) is 22.7. The summed E-state index contributed by atoms with van der Waals surface area (Å²) in [6.45, 7) is 4.03. The standard InChI is InChI=1S/C29H34FN5O5/c1-32-23-13-21(39-2)7-8-22(23)26-27(32)24(15-36)35(28(38)31-20-5-3-19(30)4-6-20)18-29(26)16-34(17-29)25(37)14-33-9-11-40-12-10-33/h3-8,13,24,36H,9-12,14-18H2,1-2H3,(H,31,38)/t24-/m1/s1. The molecule has 0 unspecified atom stereocenters. The number of ether oxygens (including phenoxy) is 2. The highest BCUT2D eigenvalue weighted by Gasteiger charge is 2.55. The van der Waals surface area contributed by atoms with Gasteiger partial charge in [-0.3, -0.25) is 9.69 Å². The van der Waals surface area contributed by atoms with Gasteiger partial charge in [0, 0.05) is 62.6 Å². The number of hydrogen-bond acceptors (Lipinski definition) is 6. The van der Waals surface area contributed by atoms with Crippen LogP contribution in [0.15, 0.2) is 42.5 Å². The first-order valence-electron chi connectivity index (χ1n) is 13.5. The molecule has 3 aromatic rings. The number of methoxy groups -OCH3 is 1. The molecule has 40 heavy (non-hydrogen) atoms. The van der Waals surface area contributed by atoms with Gasteiger partial charge in [-0.25, -0.2) is 9.18 Å². The molecule has 3 aliphatic heterocycles. The number of aromatic nitrogens is 1. The topological polar surface area (TPSA) is 99.5 Å². The van der Waals surface area contributed by atoms with Gasteiger partial charge in [0.2, 0.25) is 5.91 Å². The van der Waals surface area contributed by atoms with Crippen molar-refractivity contribution in [2.75, 3.05) is 71.5 Å². The van der Waals surface area contributed by atoms with E-state index >= 15 is 0 Å². The summed E-state index contributed by atoms with van der Waals surface area (Å²) in [6, 6.07) is 10.5. The van der Waals surface area contributed by atoms with Gasteiger partial charge >= 0.3 is 6.03 Å². The molecule has 1 atom stereocenters. The maximum absolute atomic E-state index is 13.6. The number of hydrogen-bond donors (Lipinski definition) is 2. The predicted molar refractivity (Wildman–Crippen MR) is 147 cm³/mol. The minimum absolute atomic E-state index is 0.0579. The van der Waals surface area contributed by atoms with Crippen molar-refractivity contribution in [2.45, 2.75) is 11.5 Å². The van der Waals surface area contributed by atoms with Crippen LogP contribution in [-0.2, 0) is 22.0 Å². The number of urea groups is 1. The summed E-state index contributed by atoms with van der Waals surface area (Å²) in [5.41, 5.74) is 2.79. The minimum atomic E-state index is -0.609. The van der Waals surface area contributed by atoms with Gasteiger partial charge in [-0.15, -0.1) is 0 Å². The number of carbonyl (C=O) groups is 2. The van der Waals surface area contributed by atoms with Crippen molar-refractivity contribution in [3.63, 3.8) is 0 Å². The summed E-state index contributed by atoms with van der Waals surface area (Å²) in [6.07, 6.45) is 0. The summed E-state index contributed by atoms with van der Waals surface area (Å²) in [5.74, 6) is 0.375. The maximum atomic E-state index is 13.6. The summed E-state index contributed by atoms with van der Waals surface area (Å²) in [7, 11) is 3.55. The Morgan fingerprint density at radius 2 is 1.85 bits per heavy atom. The number of carbonyl (C=O) groups excluding carboxylic acids is 2. The lowest BCUT2D eigenvalue weighted by Crippen LogP contribution is -2.69. The van der Waals surface area contributed by atoms with Crippen LogP contribution in [0.2, 0.25) is 0 Å². The van der Waals surface area contributed by atoms with Crippen LogP contribution in [-0.4, -0.2) is 103 Å². The maximum Gasteiger partial charge on any atom is 0.322 e. The Kier molecular flexibility index (Phi) is 6.89. The number of aliphatic hydroxyl groups is 1. The lowest BCUT2D eigenvalue weighted by atomic mass is 9.68. The number of halogens is 1. The molecule has 0 aliphatic carbocycles. The fraction of sp³-hybridized carbons (Fsp3) is 0.448. The Labute approximate surface area is 231 Å². The molecule has 1 aromatic heterocycles. The molecule has 1 spiro atoms. The van der Waals surface area contributed by atoms with E-state index in [2.05, 4.69) is 10.2 Å². The van der Waals surface area contributed by atoms with Crippen molar-refractivity contribution in [1.82, 2.24) is 19.3 Å². The van der Waals surface area contributed by atoms with E-state index in [0.717, 1.165) is 35.2 Å². The van der Waals surface area contributed by atoms with Crippen LogP contribution in [0, 0.1) is 5.82 Å². The molecule has 2 saturated heterocycles. The van der Waals surface area contributed by atoms with E-state index in [9.17, 15) is 19.1 Å². The Morgan fingerprint density at radius 1 is 1.12 bits per heavy atom. The summed E-state index contributed by atoms with van der Waals surface area (Å²) < 4.78 is 26.4. The highest BCUT2D eigenvalue weighted by atomic mass is 19.1. The van der Waals surface area contributed by atoms with E-state index < -0.39 is 23.3 Å². The van der Waals surface area contributed by atoms with Crippen LogP contribution >= 0.6 is 0 Å². The van der Waals surface area contributed by atoms with Gasteiger partial charge in [-0.1, -0.05) is 0 Å². The van der Waals surface area contributed by atoms with Crippen molar-refractivity contribution in [1.29, 1.82) is 0 Å². The van der Waals surface area contributed by atoms with E-state index in [1.807, 2.05) is 34.7 Å². The number of amides is 3. The third-order valence-electron chi connectivity index (χ3n) is 8.48. The SMILES string of the molecule is COc1ccc2c3c(n(C)c2c1)[C@@H](CO)N(C(=O)Nc1ccc(F)cc1)CC31CN(C(=O)CN2CCOCC2)C1. The first-order valence-corrected chi connectivity index (χ1v) is 13.5. The summed E-state index contributed by atoms with van der Waals surface area (Å²) in [4.78, 5) is 32.5.